The van der Waals surface area contributed by atoms with Gasteiger partial charge in [0.1, 0.15) is 0 Å². The van der Waals surface area contributed by atoms with Gasteiger partial charge in [-0.15, -0.1) is 0 Å². The first-order chi connectivity index (χ1) is 25.2. The smallest absolute Gasteiger partial charge is 0.0998 e. The molecule has 0 fully saturated rings. The summed E-state index contributed by atoms with van der Waals surface area (Å²) in [5.41, 5.74) is 10.8. The van der Waals surface area contributed by atoms with Crippen molar-refractivity contribution in [1.82, 2.24) is 4.57 Å². The fourth-order valence-corrected chi connectivity index (χ4v) is 7.63. The minimum absolute atomic E-state index is 0.550. The summed E-state index contributed by atoms with van der Waals surface area (Å²) in [6, 6.07) is 60.4. The van der Waals surface area contributed by atoms with Crippen LogP contribution < -0.4 is 0 Å². The molecule has 0 amide bonds. The molecular weight excluding hydrogens is 621 g/mol. The number of aromatic nitrogens is 1. The first-order valence-electron chi connectivity index (χ1n) is 16.7. The quantitative estimate of drug-likeness (QED) is 0.179. The van der Waals surface area contributed by atoms with Crippen LogP contribution in [0.4, 0.5) is 0 Å². The van der Waals surface area contributed by atoms with Crippen molar-refractivity contribution >= 4 is 43.4 Å². The van der Waals surface area contributed by atoms with Crippen LogP contribution in [0.1, 0.15) is 16.7 Å². The summed E-state index contributed by atoms with van der Waals surface area (Å²) in [5, 5.41) is 36.2. The van der Waals surface area contributed by atoms with Gasteiger partial charge in [0.15, 0.2) is 0 Å². The van der Waals surface area contributed by atoms with Gasteiger partial charge in [-0.3, -0.25) is 0 Å². The van der Waals surface area contributed by atoms with Crippen molar-refractivity contribution in [2.45, 2.75) is 0 Å². The van der Waals surface area contributed by atoms with E-state index in [4.69, 9.17) is 0 Å². The van der Waals surface area contributed by atoms with Crippen LogP contribution in [0.2, 0.25) is 0 Å². The Morgan fingerprint density at radius 3 is 1.33 bits per heavy atom. The molecule has 0 unspecified atom stereocenters. The summed E-state index contributed by atoms with van der Waals surface area (Å²) < 4.78 is 2.09. The molecule has 0 aliphatic rings. The summed E-state index contributed by atoms with van der Waals surface area (Å²) in [7, 11) is 0. The molecule has 0 aliphatic carbocycles. The van der Waals surface area contributed by atoms with Crippen molar-refractivity contribution in [2.24, 2.45) is 0 Å². The van der Waals surface area contributed by atoms with Gasteiger partial charge in [0.25, 0.3) is 0 Å². The fourth-order valence-electron chi connectivity index (χ4n) is 7.63. The van der Waals surface area contributed by atoms with Crippen molar-refractivity contribution in [3.8, 4) is 57.3 Å². The Bertz CT molecular complexity index is 2860. The molecule has 0 bridgehead atoms. The Labute approximate surface area is 294 Å². The molecule has 4 nitrogen and oxygen atoms in total. The summed E-state index contributed by atoms with van der Waals surface area (Å²) >= 11 is 0. The third-order valence-corrected chi connectivity index (χ3v) is 9.88. The van der Waals surface area contributed by atoms with Gasteiger partial charge in [-0.05, 0) is 103 Å². The monoisotopic (exact) mass is 646 g/mol. The fraction of sp³-hybridized carbons (Fsp3) is 0. The normalized spacial score (nSPS) is 11.1. The molecule has 1 aromatic heterocycles. The molecule has 8 aromatic carbocycles. The number of benzene rings is 8. The lowest BCUT2D eigenvalue weighted by Gasteiger charge is -2.18. The van der Waals surface area contributed by atoms with E-state index in [-0.39, 0.29) is 0 Å². The van der Waals surface area contributed by atoms with E-state index >= 15 is 0 Å². The molecule has 0 radical (unpaired) electrons. The van der Waals surface area contributed by atoms with Crippen LogP contribution in [0.5, 0.6) is 0 Å². The van der Waals surface area contributed by atoms with E-state index in [2.05, 4.69) is 126 Å². The number of hydrogen-bond donors (Lipinski definition) is 0. The first kappa shape index (κ1) is 29.7. The van der Waals surface area contributed by atoms with E-state index < -0.39 is 0 Å². The van der Waals surface area contributed by atoms with Crippen LogP contribution in [-0.2, 0) is 0 Å². The van der Waals surface area contributed by atoms with Gasteiger partial charge < -0.3 is 4.57 Å². The SMILES string of the molecule is N#Cc1ccc2c(c1)c1cc(C#N)ccc1n2-c1ccc(-c2ccc(-c3c4ccccc4c(-c4ccccc4)c4ccccc34)cc2)c(C#N)c1. The van der Waals surface area contributed by atoms with Crippen LogP contribution in [0.3, 0.4) is 0 Å². The molecule has 0 aliphatic heterocycles. The highest BCUT2D eigenvalue weighted by molar-refractivity contribution is 6.21. The molecule has 0 atom stereocenters. The lowest BCUT2D eigenvalue weighted by atomic mass is 9.85. The second-order valence-electron chi connectivity index (χ2n) is 12.6. The van der Waals surface area contributed by atoms with Gasteiger partial charge in [0.2, 0.25) is 0 Å². The highest BCUT2D eigenvalue weighted by Crippen LogP contribution is 2.44. The maximum Gasteiger partial charge on any atom is 0.0998 e. The van der Waals surface area contributed by atoms with Crippen LogP contribution in [0.25, 0.3) is 82.4 Å². The number of rotatable bonds is 4. The first-order valence-corrected chi connectivity index (χ1v) is 16.7. The van der Waals surface area contributed by atoms with E-state index in [1.54, 1.807) is 12.1 Å². The topological polar surface area (TPSA) is 76.3 Å². The summed E-state index contributed by atoms with van der Waals surface area (Å²) in [4.78, 5) is 0. The van der Waals surface area contributed by atoms with E-state index in [0.29, 0.717) is 16.7 Å². The van der Waals surface area contributed by atoms with Gasteiger partial charge in [-0.1, -0.05) is 109 Å². The highest BCUT2D eigenvalue weighted by atomic mass is 15.0. The second kappa shape index (κ2) is 11.9. The third kappa shape index (κ3) is 4.74. The van der Waals surface area contributed by atoms with Gasteiger partial charge in [0, 0.05) is 16.5 Å². The van der Waals surface area contributed by atoms with Gasteiger partial charge in [-0.25, -0.2) is 0 Å². The molecule has 0 saturated carbocycles. The average molecular weight is 647 g/mol. The van der Waals surface area contributed by atoms with Crippen molar-refractivity contribution in [3.63, 3.8) is 0 Å². The van der Waals surface area contributed by atoms with Gasteiger partial charge >= 0.3 is 0 Å². The summed E-state index contributed by atoms with van der Waals surface area (Å²) in [6.45, 7) is 0. The molecule has 0 spiro atoms. The Kier molecular flexibility index (Phi) is 6.93. The van der Waals surface area contributed by atoms with E-state index in [9.17, 15) is 15.8 Å². The highest BCUT2D eigenvalue weighted by Gasteiger charge is 2.18. The average Bonchev–Trinajstić information content (AvgIpc) is 3.52. The maximum absolute atomic E-state index is 10.4. The number of nitrogens with zero attached hydrogens (tertiary/aromatic N) is 4. The van der Waals surface area contributed by atoms with Crippen LogP contribution in [0, 0.1) is 34.0 Å². The van der Waals surface area contributed by atoms with Crippen molar-refractivity contribution in [3.05, 3.63) is 174 Å². The molecule has 51 heavy (non-hydrogen) atoms. The Morgan fingerprint density at radius 2 is 0.843 bits per heavy atom. The van der Waals surface area contributed by atoms with Gasteiger partial charge in [0.05, 0.1) is 45.9 Å². The van der Waals surface area contributed by atoms with E-state index in [0.717, 1.165) is 44.2 Å². The number of nitriles is 3. The second-order valence-corrected chi connectivity index (χ2v) is 12.6. The molecule has 9 aromatic rings. The molecular formula is C47H26N4. The molecule has 234 valence electrons. The van der Waals surface area contributed by atoms with Crippen LogP contribution in [-0.4, -0.2) is 4.57 Å². The van der Waals surface area contributed by atoms with Gasteiger partial charge in [-0.2, -0.15) is 15.8 Å². The zero-order chi connectivity index (χ0) is 34.5. The number of hydrogen-bond acceptors (Lipinski definition) is 3. The minimum Gasteiger partial charge on any atom is -0.309 e. The summed E-state index contributed by atoms with van der Waals surface area (Å²) in [5.74, 6) is 0. The molecule has 0 N–H and O–H groups in total. The summed E-state index contributed by atoms with van der Waals surface area (Å²) in [6.07, 6.45) is 0. The van der Waals surface area contributed by atoms with E-state index in [1.165, 1.54) is 38.2 Å². The lowest BCUT2D eigenvalue weighted by molar-refractivity contribution is 1.18. The Morgan fingerprint density at radius 1 is 0.373 bits per heavy atom. The van der Waals surface area contributed by atoms with Crippen molar-refractivity contribution in [2.75, 3.05) is 0 Å². The largest absolute Gasteiger partial charge is 0.309 e. The van der Waals surface area contributed by atoms with E-state index in [1.807, 2.05) is 42.5 Å². The predicted molar refractivity (Wildman–Crippen MR) is 206 cm³/mol. The maximum atomic E-state index is 10.4. The Balaban J connectivity index is 1.17. The van der Waals surface area contributed by atoms with Crippen molar-refractivity contribution < 1.29 is 0 Å². The predicted octanol–water partition coefficient (Wildman–Crippen LogP) is 11.7. The zero-order valence-electron chi connectivity index (χ0n) is 27.3. The standard InChI is InChI=1S/C47H26N4/c48-27-30-14-22-44-42(24-30)43-25-31(28-49)15-23-45(43)51(44)36-20-21-37(35(26-36)29-50)32-16-18-34(19-17-32)47-40-12-6-4-10-38(40)46(33-8-2-1-3-9-33)39-11-5-7-13-41(39)47/h1-26H. The lowest BCUT2D eigenvalue weighted by Crippen LogP contribution is -1.96. The zero-order valence-corrected chi connectivity index (χ0v) is 27.3. The van der Waals surface area contributed by atoms with Crippen LogP contribution in [0.15, 0.2) is 158 Å². The molecule has 1 heterocycles. The number of fused-ring (bicyclic) bond motifs is 5. The molecule has 4 heteroatoms. The Hall–Kier alpha value is -7.45. The molecule has 0 saturated heterocycles. The van der Waals surface area contributed by atoms with Crippen LogP contribution >= 0.6 is 0 Å². The molecule has 9 rings (SSSR count). The van der Waals surface area contributed by atoms with Crippen molar-refractivity contribution in [1.29, 1.82) is 15.8 Å². The third-order valence-electron chi connectivity index (χ3n) is 9.88. The minimum atomic E-state index is 0.550.